The Morgan fingerprint density at radius 3 is 2.71 bits per heavy atom. The molecule has 0 saturated heterocycles. The summed E-state index contributed by atoms with van der Waals surface area (Å²) in [6, 6.07) is 20.5. The average molecular weight is 280 g/mol. The predicted molar refractivity (Wildman–Crippen MR) is 85.4 cm³/mol. The lowest BCUT2D eigenvalue weighted by Gasteiger charge is -2.09. The van der Waals surface area contributed by atoms with Crippen LogP contribution < -0.4 is 10.1 Å². The fourth-order valence-electron chi connectivity index (χ4n) is 2.03. The Labute approximate surface area is 126 Å². The van der Waals surface area contributed by atoms with E-state index in [4.69, 9.17) is 10.00 Å². The highest BCUT2D eigenvalue weighted by Crippen LogP contribution is 2.17. The zero-order valence-electron chi connectivity index (χ0n) is 12.1. The molecule has 0 fully saturated rings. The molecule has 0 aliphatic rings. The normalized spacial score (nSPS) is 9.86. The van der Waals surface area contributed by atoms with Crippen molar-refractivity contribution in [3.8, 4) is 11.8 Å². The lowest BCUT2D eigenvalue weighted by molar-refractivity contribution is 0.313. The number of anilines is 1. The van der Waals surface area contributed by atoms with Crippen LogP contribution in [-0.4, -0.2) is 13.2 Å². The van der Waals surface area contributed by atoms with Crippen LogP contribution in [0.2, 0.25) is 0 Å². The highest BCUT2D eigenvalue weighted by Gasteiger charge is 1.97. The van der Waals surface area contributed by atoms with E-state index in [1.165, 1.54) is 5.56 Å². The van der Waals surface area contributed by atoms with Crippen molar-refractivity contribution in [3.05, 3.63) is 60.2 Å². The largest absolute Gasteiger partial charge is 0.493 e. The van der Waals surface area contributed by atoms with E-state index in [1.807, 2.05) is 30.3 Å². The molecule has 0 unspecified atom stereocenters. The molecule has 0 spiro atoms. The van der Waals surface area contributed by atoms with Gasteiger partial charge in [-0.2, -0.15) is 5.26 Å². The molecule has 2 rings (SSSR count). The van der Waals surface area contributed by atoms with Crippen molar-refractivity contribution in [2.75, 3.05) is 18.5 Å². The molecule has 0 bridgehead atoms. The summed E-state index contributed by atoms with van der Waals surface area (Å²) >= 11 is 0. The number of nitriles is 1. The molecular weight excluding hydrogens is 260 g/mol. The van der Waals surface area contributed by atoms with Gasteiger partial charge >= 0.3 is 0 Å². The zero-order chi connectivity index (χ0) is 14.8. The molecule has 1 N–H and O–H groups in total. The summed E-state index contributed by atoms with van der Waals surface area (Å²) in [5, 5.41) is 11.9. The number of benzene rings is 2. The van der Waals surface area contributed by atoms with E-state index >= 15 is 0 Å². The fraction of sp³-hybridized carbons (Fsp3) is 0.278. The molecule has 0 amide bonds. The second-order valence-corrected chi connectivity index (χ2v) is 4.80. The summed E-state index contributed by atoms with van der Waals surface area (Å²) in [5.74, 6) is 0.845. The molecule has 0 radical (unpaired) electrons. The summed E-state index contributed by atoms with van der Waals surface area (Å²) in [7, 11) is 0. The average Bonchev–Trinajstić information content (AvgIpc) is 2.53. The first-order chi connectivity index (χ1) is 10.4. The molecular formula is C18H20N2O. The van der Waals surface area contributed by atoms with Gasteiger partial charge in [0.1, 0.15) is 5.75 Å². The van der Waals surface area contributed by atoms with E-state index in [0.717, 1.165) is 30.8 Å². The first-order valence-electron chi connectivity index (χ1n) is 7.26. The van der Waals surface area contributed by atoms with Gasteiger partial charge in [-0.3, -0.25) is 0 Å². The SMILES string of the molecule is N#CCCCOc1cccc(NCCc2ccccc2)c1. The van der Waals surface area contributed by atoms with Gasteiger partial charge in [-0.1, -0.05) is 36.4 Å². The Morgan fingerprint density at radius 1 is 1.05 bits per heavy atom. The minimum atomic E-state index is 0.537. The first-order valence-corrected chi connectivity index (χ1v) is 7.26. The van der Waals surface area contributed by atoms with Gasteiger partial charge in [-0.05, 0) is 30.5 Å². The monoisotopic (exact) mass is 280 g/mol. The Kier molecular flexibility index (Phi) is 6.15. The molecule has 0 aliphatic carbocycles. The molecule has 0 atom stereocenters. The van der Waals surface area contributed by atoms with Gasteiger partial charge in [0, 0.05) is 24.7 Å². The number of nitrogens with one attached hydrogen (secondary N) is 1. The lowest BCUT2D eigenvalue weighted by Crippen LogP contribution is -2.05. The van der Waals surface area contributed by atoms with Crippen LogP contribution >= 0.6 is 0 Å². The smallest absolute Gasteiger partial charge is 0.121 e. The van der Waals surface area contributed by atoms with Crippen molar-refractivity contribution in [3.63, 3.8) is 0 Å². The van der Waals surface area contributed by atoms with Crippen molar-refractivity contribution in [1.29, 1.82) is 5.26 Å². The molecule has 2 aromatic rings. The van der Waals surface area contributed by atoms with Gasteiger partial charge in [0.05, 0.1) is 12.7 Å². The van der Waals surface area contributed by atoms with Crippen LogP contribution in [0.15, 0.2) is 54.6 Å². The van der Waals surface area contributed by atoms with Crippen LogP contribution in [0.5, 0.6) is 5.75 Å². The van der Waals surface area contributed by atoms with E-state index < -0.39 is 0 Å². The predicted octanol–water partition coefficient (Wildman–Crippen LogP) is 4.02. The topological polar surface area (TPSA) is 45.0 Å². The Morgan fingerprint density at radius 2 is 1.90 bits per heavy atom. The molecule has 3 nitrogen and oxygen atoms in total. The van der Waals surface area contributed by atoms with Crippen LogP contribution in [0, 0.1) is 11.3 Å². The maximum absolute atomic E-state index is 8.48. The van der Waals surface area contributed by atoms with Crippen molar-refractivity contribution in [1.82, 2.24) is 0 Å². The van der Waals surface area contributed by atoms with Gasteiger partial charge in [-0.25, -0.2) is 0 Å². The van der Waals surface area contributed by atoms with Crippen molar-refractivity contribution >= 4 is 5.69 Å². The fourth-order valence-corrected chi connectivity index (χ4v) is 2.03. The van der Waals surface area contributed by atoms with Crippen molar-refractivity contribution in [2.24, 2.45) is 0 Å². The second-order valence-electron chi connectivity index (χ2n) is 4.80. The molecule has 0 aromatic heterocycles. The lowest BCUT2D eigenvalue weighted by atomic mass is 10.1. The minimum Gasteiger partial charge on any atom is -0.493 e. The maximum atomic E-state index is 8.48. The summed E-state index contributed by atoms with van der Waals surface area (Å²) in [6.45, 7) is 1.48. The van der Waals surface area contributed by atoms with Gasteiger partial charge in [0.15, 0.2) is 0 Å². The van der Waals surface area contributed by atoms with E-state index in [2.05, 4.69) is 35.7 Å². The van der Waals surface area contributed by atoms with E-state index in [0.29, 0.717) is 13.0 Å². The van der Waals surface area contributed by atoms with Crippen LogP contribution in [0.25, 0.3) is 0 Å². The van der Waals surface area contributed by atoms with Gasteiger partial charge in [-0.15, -0.1) is 0 Å². The van der Waals surface area contributed by atoms with E-state index in [9.17, 15) is 0 Å². The number of hydrogen-bond donors (Lipinski definition) is 1. The third-order valence-corrected chi connectivity index (χ3v) is 3.12. The van der Waals surface area contributed by atoms with Gasteiger partial charge in [0.25, 0.3) is 0 Å². The highest BCUT2D eigenvalue weighted by molar-refractivity contribution is 5.48. The van der Waals surface area contributed by atoms with E-state index in [1.54, 1.807) is 0 Å². The van der Waals surface area contributed by atoms with Crippen molar-refractivity contribution in [2.45, 2.75) is 19.3 Å². The van der Waals surface area contributed by atoms with Gasteiger partial charge < -0.3 is 10.1 Å². The molecule has 21 heavy (non-hydrogen) atoms. The van der Waals surface area contributed by atoms with Crippen LogP contribution in [0.3, 0.4) is 0 Å². The maximum Gasteiger partial charge on any atom is 0.121 e. The molecule has 2 aromatic carbocycles. The van der Waals surface area contributed by atoms with E-state index in [-0.39, 0.29) is 0 Å². The highest BCUT2D eigenvalue weighted by atomic mass is 16.5. The second kappa shape index (κ2) is 8.65. The van der Waals surface area contributed by atoms with Gasteiger partial charge in [0.2, 0.25) is 0 Å². The first kappa shape index (κ1) is 14.9. The summed E-state index contributed by atoms with van der Waals surface area (Å²) in [5.41, 5.74) is 2.39. The summed E-state index contributed by atoms with van der Waals surface area (Å²) in [6.07, 6.45) is 2.30. The molecule has 3 heteroatoms. The van der Waals surface area contributed by atoms with Crippen LogP contribution in [-0.2, 0) is 6.42 Å². The summed E-state index contributed by atoms with van der Waals surface area (Å²) in [4.78, 5) is 0. The molecule has 108 valence electrons. The van der Waals surface area contributed by atoms with Crippen molar-refractivity contribution < 1.29 is 4.74 Å². The number of ether oxygens (including phenoxy) is 1. The Bertz CT molecular complexity index is 575. The minimum absolute atomic E-state index is 0.537. The summed E-state index contributed by atoms with van der Waals surface area (Å²) < 4.78 is 5.62. The molecule has 0 heterocycles. The molecule has 0 saturated carbocycles. The molecule has 0 aliphatic heterocycles. The van der Waals surface area contributed by atoms with Crippen LogP contribution in [0.1, 0.15) is 18.4 Å². The zero-order valence-corrected chi connectivity index (χ0v) is 12.1. The number of nitrogens with zero attached hydrogens (tertiary/aromatic N) is 1. The number of unbranched alkanes of at least 4 members (excludes halogenated alkanes) is 1. The van der Waals surface area contributed by atoms with Crippen LogP contribution in [0.4, 0.5) is 5.69 Å². The third-order valence-electron chi connectivity index (χ3n) is 3.12. The quantitative estimate of drug-likeness (QED) is 0.743. The standard InChI is InChI=1S/C18H20N2O/c19-12-4-5-14-21-18-10-6-9-17(15-18)20-13-11-16-7-2-1-3-8-16/h1-3,6-10,15,20H,4-5,11,13-14H2. The number of hydrogen-bond acceptors (Lipinski definition) is 3. The number of rotatable bonds is 8. The Balaban J connectivity index is 1.77. The third kappa shape index (κ3) is 5.58. The Hall–Kier alpha value is -2.47.